The summed E-state index contributed by atoms with van der Waals surface area (Å²) in [4.78, 5) is 26.0. The first-order chi connectivity index (χ1) is 11.2. The van der Waals surface area contributed by atoms with Crippen LogP contribution in [0.2, 0.25) is 10.0 Å². The number of anilines is 1. The third kappa shape index (κ3) is 5.28. The molecule has 1 aliphatic rings. The van der Waals surface area contributed by atoms with Crippen LogP contribution in [0.1, 0.15) is 33.6 Å². The molecular formula is C17H22Cl2N2O3. The van der Waals surface area contributed by atoms with Crippen molar-refractivity contribution >= 4 is 40.9 Å². The number of ether oxygens (including phenoxy) is 1. The minimum atomic E-state index is -0.515. The molecule has 0 bridgehead atoms. The van der Waals surface area contributed by atoms with Crippen molar-refractivity contribution in [1.82, 2.24) is 4.90 Å². The predicted octanol–water partition coefficient (Wildman–Crippen LogP) is 4.58. The van der Waals surface area contributed by atoms with Crippen molar-refractivity contribution in [3.05, 3.63) is 28.2 Å². The van der Waals surface area contributed by atoms with Gasteiger partial charge in [0.25, 0.3) is 0 Å². The molecular weight excluding hydrogens is 351 g/mol. The first-order valence-corrected chi connectivity index (χ1v) is 8.65. The van der Waals surface area contributed by atoms with Gasteiger partial charge in [-0.1, -0.05) is 23.2 Å². The standard InChI is InChI=1S/C17H22Cl2N2O3/c1-17(2,3)24-16(23)21-8-6-11(7-9-21)15(22)20-12-4-5-13(18)14(19)10-12/h4-5,10-11H,6-9H2,1-3H3,(H,20,22). The van der Waals surface area contributed by atoms with E-state index in [1.54, 1.807) is 23.1 Å². The second-order valence-corrected chi connectivity index (χ2v) is 7.67. The van der Waals surface area contributed by atoms with Gasteiger partial charge in [-0.3, -0.25) is 4.79 Å². The average Bonchev–Trinajstić information content (AvgIpc) is 2.49. The minimum absolute atomic E-state index is 0.0720. The van der Waals surface area contributed by atoms with Gasteiger partial charge in [0.1, 0.15) is 5.60 Å². The monoisotopic (exact) mass is 372 g/mol. The summed E-state index contributed by atoms with van der Waals surface area (Å²) in [6.45, 7) is 6.52. The van der Waals surface area contributed by atoms with E-state index in [0.29, 0.717) is 41.7 Å². The Labute approximate surface area is 152 Å². The van der Waals surface area contributed by atoms with Crippen molar-refractivity contribution in [1.29, 1.82) is 0 Å². The Balaban J connectivity index is 1.86. The second kappa shape index (κ2) is 7.62. The molecule has 1 aromatic carbocycles. The molecule has 1 heterocycles. The van der Waals surface area contributed by atoms with Gasteiger partial charge in [0.15, 0.2) is 0 Å². The van der Waals surface area contributed by atoms with Crippen LogP contribution in [-0.4, -0.2) is 35.6 Å². The van der Waals surface area contributed by atoms with E-state index >= 15 is 0 Å². The fourth-order valence-corrected chi connectivity index (χ4v) is 2.77. The van der Waals surface area contributed by atoms with E-state index in [4.69, 9.17) is 27.9 Å². The summed E-state index contributed by atoms with van der Waals surface area (Å²) in [6, 6.07) is 4.98. The molecule has 0 radical (unpaired) electrons. The van der Waals surface area contributed by atoms with Gasteiger partial charge in [0.2, 0.25) is 5.91 Å². The van der Waals surface area contributed by atoms with Crippen molar-refractivity contribution in [2.24, 2.45) is 5.92 Å². The lowest BCUT2D eigenvalue weighted by Gasteiger charge is -2.32. The number of nitrogens with one attached hydrogen (secondary N) is 1. The van der Waals surface area contributed by atoms with E-state index in [9.17, 15) is 9.59 Å². The van der Waals surface area contributed by atoms with E-state index < -0.39 is 5.60 Å². The van der Waals surface area contributed by atoms with E-state index in [2.05, 4.69) is 5.32 Å². The van der Waals surface area contributed by atoms with E-state index in [1.807, 2.05) is 20.8 Å². The van der Waals surface area contributed by atoms with Gasteiger partial charge in [-0.2, -0.15) is 0 Å². The molecule has 2 amide bonds. The van der Waals surface area contributed by atoms with Crippen molar-refractivity contribution < 1.29 is 14.3 Å². The van der Waals surface area contributed by atoms with Crippen LogP contribution in [0.4, 0.5) is 10.5 Å². The third-order valence-electron chi connectivity index (χ3n) is 3.70. The molecule has 0 saturated carbocycles. The van der Waals surface area contributed by atoms with Crippen LogP contribution < -0.4 is 5.32 Å². The van der Waals surface area contributed by atoms with Gasteiger partial charge in [0, 0.05) is 24.7 Å². The Bertz CT molecular complexity index is 621. The summed E-state index contributed by atoms with van der Waals surface area (Å²) in [6.07, 6.45) is 0.879. The van der Waals surface area contributed by atoms with Crippen LogP contribution in [0.5, 0.6) is 0 Å². The fourth-order valence-electron chi connectivity index (χ4n) is 2.47. The van der Waals surface area contributed by atoms with Crippen LogP contribution in [0.15, 0.2) is 18.2 Å². The first kappa shape index (κ1) is 18.9. The van der Waals surface area contributed by atoms with Crippen LogP contribution in [-0.2, 0) is 9.53 Å². The number of piperidine rings is 1. The molecule has 1 saturated heterocycles. The topological polar surface area (TPSA) is 58.6 Å². The third-order valence-corrected chi connectivity index (χ3v) is 4.44. The number of amides is 2. The zero-order valence-electron chi connectivity index (χ0n) is 14.1. The summed E-state index contributed by atoms with van der Waals surface area (Å²) in [5.74, 6) is -0.213. The Kier molecular flexibility index (Phi) is 5.99. The number of nitrogens with zero attached hydrogens (tertiary/aromatic N) is 1. The van der Waals surface area contributed by atoms with Crippen molar-refractivity contribution in [3.8, 4) is 0 Å². The van der Waals surface area contributed by atoms with Crippen LogP contribution in [0.25, 0.3) is 0 Å². The number of hydrogen-bond donors (Lipinski definition) is 1. The van der Waals surface area contributed by atoms with E-state index in [-0.39, 0.29) is 17.9 Å². The molecule has 0 aliphatic carbocycles. The van der Waals surface area contributed by atoms with Crippen molar-refractivity contribution in [3.63, 3.8) is 0 Å². The molecule has 132 valence electrons. The minimum Gasteiger partial charge on any atom is -0.444 e. The maximum absolute atomic E-state index is 12.3. The number of rotatable bonds is 2. The van der Waals surface area contributed by atoms with Crippen molar-refractivity contribution in [2.45, 2.75) is 39.2 Å². The van der Waals surface area contributed by atoms with E-state index in [0.717, 1.165) is 0 Å². The highest BCUT2D eigenvalue weighted by atomic mass is 35.5. The molecule has 1 aromatic rings. The molecule has 5 nitrogen and oxygen atoms in total. The smallest absolute Gasteiger partial charge is 0.410 e. The summed E-state index contributed by atoms with van der Waals surface area (Å²) in [5.41, 5.74) is 0.100. The maximum atomic E-state index is 12.3. The number of halogens is 2. The van der Waals surface area contributed by atoms with Gasteiger partial charge < -0.3 is 15.0 Å². The Hall–Kier alpha value is -1.46. The fraction of sp³-hybridized carbons (Fsp3) is 0.529. The number of hydrogen-bond acceptors (Lipinski definition) is 3. The molecule has 1 aliphatic heterocycles. The summed E-state index contributed by atoms with van der Waals surface area (Å²) in [5, 5.41) is 3.69. The predicted molar refractivity (Wildman–Crippen MR) is 95.6 cm³/mol. The number of benzene rings is 1. The SMILES string of the molecule is CC(C)(C)OC(=O)N1CCC(C(=O)Nc2ccc(Cl)c(Cl)c2)CC1. The zero-order valence-corrected chi connectivity index (χ0v) is 15.6. The van der Waals surface area contributed by atoms with Crippen molar-refractivity contribution in [2.75, 3.05) is 18.4 Å². The highest BCUT2D eigenvalue weighted by molar-refractivity contribution is 6.42. The molecule has 1 fully saturated rings. The highest BCUT2D eigenvalue weighted by Gasteiger charge is 2.29. The van der Waals surface area contributed by atoms with Crippen LogP contribution in [0, 0.1) is 5.92 Å². The van der Waals surface area contributed by atoms with Gasteiger partial charge in [0.05, 0.1) is 10.0 Å². The lowest BCUT2D eigenvalue weighted by molar-refractivity contribution is -0.121. The quantitative estimate of drug-likeness (QED) is 0.826. The summed E-state index contributed by atoms with van der Waals surface area (Å²) in [7, 11) is 0. The lowest BCUT2D eigenvalue weighted by atomic mass is 9.96. The molecule has 2 rings (SSSR count). The molecule has 0 aromatic heterocycles. The van der Waals surface area contributed by atoms with Gasteiger partial charge in [-0.15, -0.1) is 0 Å². The molecule has 0 unspecified atom stereocenters. The highest BCUT2D eigenvalue weighted by Crippen LogP contribution is 2.26. The van der Waals surface area contributed by atoms with Gasteiger partial charge >= 0.3 is 6.09 Å². The van der Waals surface area contributed by atoms with E-state index in [1.165, 1.54) is 0 Å². The number of likely N-dealkylation sites (tertiary alicyclic amines) is 1. The average molecular weight is 373 g/mol. The second-order valence-electron chi connectivity index (χ2n) is 6.86. The molecule has 1 N–H and O–H groups in total. The molecule has 24 heavy (non-hydrogen) atoms. The Morgan fingerprint density at radius 1 is 1.17 bits per heavy atom. The zero-order chi connectivity index (χ0) is 17.9. The number of carbonyl (C=O) groups is 2. The summed E-state index contributed by atoms with van der Waals surface area (Å²) < 4.78 is 5.35. The summed E-state index contributed by atoms with van der Waals surface area (Å²) >= 11 is 11.8. The van der Waals surface area contributed by atoms with Crippen LogP contribution >= 0.6 is 23.2 Å². The first-order valence-electron chi connectivity index (χ1n) is 7.89. The Morgan fingerprint density at radius 2 is 1.79 bits per heavy atom. The van der Waals surface area contributed by atoms with Gasteiger partial charge in [-0.25, -0.2) is 4.79 Å². The van der Waals surface area contributed by atoms with Gasteiger partial charge in [-0.05, 0) is 51.8 Å². The molecule has 7 heteroatoms. The molecule has 0 atom stereocenters. The maximum Gasteiger partial charge on any atom is 0.410 e. The largest absolute Gasteiger partial charge is 0.444 e. The lowest BCUT2D eigenvalue weighted by Crippen LogP contribution is -2.43. The van der Waals surface area contributed by atoms with Crippen LogP contribution in [0.3, 0.4) is 0 Å². The normalized spacial score (nSPS) is 16.0. The Morgan fingerprint density at radius 3 is 2.33 bits per heavy atom. The molecule has 0 spiro atoms. The number of carbonyl (C=O) groups excluding carboxylic acids is 2.